The molecular weight excluding hydrogens is 232 g/mol. The summed E-state index contributed by atoms with van der Waals surface area (Å²) in [6.45, 7) is 3.22. The molecule has 1 aromatic rings. The highest BCUT2D eigenvalue weighted by Gasteiger charge is 2.43. The Balaban J connectivity index is 1.74. The van der Waals surface area contributed by atoms with Crippen LogP contribution in [0, 0.1) is 5.41 Å². The smallest absolute Gasteiger partial charge is 0.270 e. The van der Waals surface area contributed by atoms with Crippen molar-refractivity contribution in [1.29, 1.82) is 0 Å². The quantitative estimate of drug-likeness (QED) is 0.846. The number of benzene rings is 1. The molecule has 1 aliphatic heterocycles. The number of hydrogen-bond donors (Lipinski definition) is 1. The van der Waals surface area contributed by atoms with E-state index in [2.05, 4.69) is 5.32 Å². The van der Waals surface area contributed by atoms with Gasteiger partial charge in [-0.1, -0.05) is 24.3 Å². The SMILES string of the molecule is CC(F)(F)c1ccc(C2CCC3(CNC3)C2)cc1. The van der Waals surface area contributed by atoms with E-state index in [1.807, 2.05) is 12.1 Å². The standard InChI is InChI=1S/C15H19F2N/c1-14(16,17)13-4-2-11(3-5-13)12-6-7-15(8-12)9-18-10-15/h2-5,12,18H,6-10H2,1H3. The van der Waals surface area contributed by atoms with Crippen molar-refractivity contribution >= 4 is 0 Å². The number of alkyl halides is 2. The van der Waals surface area contributed by atoms with Crippen molar-refractivity contribution < 1.29 is 8.78 Å². The fraction of sp³-hybridized carbons (Fsp3) is 0.600. The van der Waals surface area contributed by atoms with Gasteiger partial charge in [-0.05, 0) is 36.2 Å². The van der Waals surface area contributed by atoms with Crippen LogP contribution in [0.3, 0.4) is 0 Å². The van der Waals surface area contributed by atoms with Gasteiger partial charge in [0.2, 0.25) is 0 Å². The largest absolute Gasteiger partial charge is 0.316 e. The first-order chi connectivity index (χ1) is 8.49. The fourth-order valence-corrected chi connectivity index (χ4v) is 3.34. The Morgan fingerprint density at radius 3 is 2.33 bits per heavy atom. The van der Waals surface area contributed by atoms with Crippen molar-refractivity contribution in [3.63, 3.8) is 0 Å². The summed E-state index contributed by atoms with van der Waals surface area (Å²) >= 11 is 0. The zero-order chi connectivity index (χ0) is 12.8. The Kier molecular flexibility index (Phi) is 2.70. The van der Waals surface area contributed by atoms with Gasteiger partial charge in [-0.3, -0.25) is 0 Å². The molecule has 0 amide bonds. The van der Waals surface area contributed by atoms with Gasteiger partial charge in [0.15, 0.2) is 0 Å². The van der Waals surface area contributed by atoms with Gasteiger partial charge in [0, 0.05) is 25.6 Å². The van der Waals surface area contributed by atoms with Crippen molar-refractivity contribution in [3.05, 3.63) is 35.4 Å². The summed E-state index contributed by atoms with van der Waals surface area (Å²) in [4.78, 5) is 0. The number of hydrogen-bond acceptors (Lipinski definition) is 1. The first kappa shape index (κ1) is 12.1. The molecule has 1 heterocycles. The maximum Gasteiger partial charge on any atom is 0.270 e. The average Bonchev–Trinajstić information content (AvgIpc) is 2.73. The van der Waals surface area contributed by atoms with Gasteiger partial charge in [0.05, 0.1) is 0 Å². The molecule has 1 unspecified atom stereocenters. The molecule has 0 bridgehead atoms. The van der Waals surface area contributed by atoms with Gasteiger partial charge in [-0.2, -0.15) is 0 Å². The molecule has 1 aromatic carbocycles. The average molecular weight is 251 g/mol. The van der Waals surface area contributed by atoms with Crippen LogP contribution >= 0.6 is 0 Å². The Bertz CT molecular complexity index is 429. The summed E-state index contributed by atoms with van der Waals surface area (Å²) in [5.41, 5.74) is 1.86. The predicted molar refractivity (Wildman–Crippen MR) is 67.9 cm³/mol. The van der Waals surface area contributed by atoms with Crippen molar-refractivity contribution in [1.82, 2.24) is 5.32 Å². The second-order valence-electron chi connectivity index (χ2n) is 6.05. The summed E-state index contributed by atoms with van der Waals surface area (Å²) in [7, 11) is 0. The van der Waals surface area contributed by atoms with Crippen LogP contribution in [0.2, 0.25) is 0 Å². The van der Waals surface area contributed by atoms with Gasteiger partial charge in [-0.15, -0.1) is 0 Å². The Morgan fingerprint density at radius 2 is 1.89 bits per heavy atom. The summed E-state index contributed by atoms with van der Waals surface area (Å²) in [5, 5.41) is 3.35. The highest BCUT2D eigenvalue weighted by molar-refractivity contribution is 5.29. The van der Waals surface area contributed by atoms with Gasteiger partial charge < -0.3 is 5.32 Å². The molecule has 0 aromatic heterocycles. The predicted octanol–water partition coefficient (Wildman–Crippen LogP) is 3.66. The van der Waals surface area contributed by atoms with E-state index >= 15 is 0 Å². The van der Waals surface area contributed by atoms with Gasteiger partial charge in [0.1, 0.15) is 0 Å². The Hall–Kier alpha value is -0.960. The van der Waals surface area contributed by atoms with Crippen LogP contribution in [0.25, 0.3) is 0 Å². The minimum Gasteiger partial charge on any atom is -0.316 e. The van der Waals surface area contributed by atoms with Crippen molar-refractivity contribution in [2.75, 3.05) is 13.1 Å². The molecule has 18 heavy (non-hydrogen) atoms. The molecular formula is C15H19F2N. The first-order valence-corrected chi connectivity index (χ1v) is 6.68. The van der Waals surface area contributed by atoms with Crippen molar-refractivity contribution in [3.8, 4) is 0 Å². The Labute approximate surface area is 107 Å². The lowest BCUT2D eigenvalue weighted by molar-refractivity contribution is 0.0174. The molecule has 3 heteroatoms. The van der Waals surface area contributed by atoms with E-state index in [0.717, 1.165) is 20.0 Å². The lowest BCUT2D eigenvalue weighted by Crippen LogP contribution is -2.51. The van der Waals surface area contributed by atoms with Gasteiger partial charge in [0.25, 0.3) is 5.92 Å². The van der Waals surface area contributed by atoms with Crippen molar-refractivity contribution in [2.45, 2.75) is 38.0 Å². The summed E-state index contributed by atoms with van der Waals surface area (Å²) in [5.74, 6) is -2.17. The van der Waals surface area contributed by atoms with Crippen LogP contribution in [0.15, 0.2) is 24.3 Å². The third-order valence-corrected chi connectivity index (χ3v) is 4.59. The topological polar surface area (TPSA) is 12.0 Å². The minimum atomic E-state index is -2.73. The third kappa shape index (κ3) is 2.05. The number of nitrogens with one attached hydrogen (secondary N) is 1. The van der Waals surface area contributed by atoms with Gasteiger partial charge >= 0.3 is 0 Å². The van der Waals surface area contributed by atoms with Crippen LogP contribution in [-0.2, 0) is 5.92 Å². The molecule has 2 aliphatic rings. The maximum absolute atomic E-state index is 13.1. The van der Waals surface area contributed by atoms with E-state index < -0.39 is 5.92 Å². The van der Waals surface area contributed by atoms with E-state index in [-0.39, 0.29) is 5.56 Å². The Morgan fingerprint density at radius 1 is 1.22 bits per heavy atom. The maximum atomic E-state index is 13.1. The molecule has 98 valence electrons. The molecule has 1 saturated heterocycles. The van der Waals surface area contributed by atoms with Crippen LogP contribution < -0.4 is 5.32 Å². The highest BCUT2D eigenvalue weighted by Crippen LogP contribution is 2.48. The molecule has 1 spiro atoms. The monoisotopic (exact) mass is 251 g/mol. The second-order valence-corrected chi connectivity index (χ2v) is 6.05. The molecule has 0 radical (unpaired) electrons. The molecule has 1 N–H and O–H groups in total. The van der Waals surface area contributed by atoms with Gasteiger partial charge in [-0.25, -0.2) is 8.78 Å². The number of rotatable bonds is 2. The summed E-state index contributed by atoms with van der Waals surface area (Å²) in [6, 6.07) is 6.95. The zero-order valence-corrected chi connectivity index (χ0v) is 10.7. The molecule has 1 atom stereocenters. The normalized spacial score (nSPS) is 26.3. The molecule has 2 fully saturated rings. The lowest BCUT2D eigenvalue weighted by Gasteiger charge is -2.39. The molecule has 1 aliphatic carbocycles. The van der Waals surface area contributed by atoms with Crippen LogP contribution in [0.1, 0.15) is 43.2 Å². The summed E-state index contributed by atoms with van der Waals surface area (Å²) < 4.78 is 26.3. The fourth-order valence-electron chi connectivity index (χ4n) is 3.34. The van der Waals surface area contributed by atoms with Crippen molar-refractivity contribution in [2.24, 2.45) is 5.41 Å². The lowest BCUT2D eigenvalue weighted by atomic mass is 9.79. The van der Waals surface area contributed by atoms with E-state index in [1.54, 1.807) is 12.1 Å². The second kappa shape index (κ2) is 4.02. The molecule has 1 nitrogen and oxygen atoms in total. The van der Waals surface area contributed by atoms with Crippen LogP contribution in [0.5, 0.6) is 0 Å². The van der Waals surface area contributed by atoms with Crippen LogP contribution in [-0.4, -0.2) is 13.1 Å². The molecule has 1 saturated carbocycles. The van der Waals surface area contributed by atoms with E-state index in [0.29, 0.717) is 11.3 Å². The molecule has 3 rings (SSSR count). The third-order valence-electron chi connectivity index (χ3n) is 4.59. The zero-order valence-electron chi connectivity index (χ0n) is 10.7. The minimum absolute atomic E-state index is 0.115. The van der Waals surface area contributed by atoms with Crippen LogP contribution in [0.4, 0.5) is 8.78 Å². The highest BCUT2D eigenvalue weighted by atomic mass is 19.3. The number of halogens is 2. The van der Waals surface area contributed by atoms with E-state index in [4.69, 9.17) is 0 Å². The van der Waals surface area contributed by atoms with E-state index in [1.165, 1.54) is 24.8 Å². The summed E-state index contributed by atoms with van der Waals surface area (Å²) in [6.07, 6.45) is 3.68. The van der Waals surface area contributed by atoms with E-state index in [9.17, 15) is 8.78 Å². The first-order valence-electron chi connectivity index (χ1n) is 6.68.